The monoisotopic (exact) mass is 390 g/mol. The van der Waals surface area contributed by atoms with Crippen molar-refractivity contribution in [1.29, 1.82) is 0 Å². The summed E-state index contributed by atoms with van der Waals surface area (Å²) in [6.45, 7) is 22.5. The number of hydrogen-bond acceptors (Lipinski definition) is 4. The van der Waals surface area contributed by atoms with Crippen LogP contribution in [0.1, 0.15) is 20.3 Å². The molecular weight excluding hydrogens is 352 g/mol. The van der Waals surface area contributed by atoms with E-state index in [1.807, 2.05) is 0 Å². The van der Waals surface area contributed by atoms with Gasteiger partial charge in [-0.3, -0.25) is 0 Å². The molecule has 1 atom stereocenters. The van der Waals surface area contributed by atoms with E-state index in [1.165, 1.54) is 12.5 Å². The Labute approximate surface area is 151 Å². The van der Waals surface area contributed by atoms with Gasteiger partial charge in [-0.15, -0.1) is 0 Å². The maximum atomic E-state index is 11.4. The normalized spacial score (nSPS) is 14.4. The van der Waals surface area contributed by atoms with Gasteiger partial charge >= 0.3 is 5.97 Å². The Morgan fingerprint density at radius 3 is 1.96 bits per heavy atom. The molecule has 0 saturated heterocycles. The molecule has 0 aromatic rings. The summed E-state index contributed by atoms with van der Waals surface area (Å²) in [5.41, 5.74) is 0.343. The summed E-state index contributed by atoms with van der Waals surface area (Å²) in [5.74, 6) is -0.465. The van der Waals surface area contributed by atoms with Crippen LogP contribution in [0.4, 0.5) is 0 Å². The van der Waals surface area contributed by atoms with Crippen LogP contribution in [0, 0.1) is 0 Å². The first-order valence-corrected chi connectivity index (χ1v) is 20.3. The molecule has 0 spiro atoms. The molecule has 0 aromatic heterocycles. The lowest BCUT2D eigenvalue weighted by atomic mass is 10.3. The first kappa shape index (κ1) is 23.8. The van der Waals surface area contributed by atoms with Crippen molar-refractivity contribution in [3.05, 3.63) is 12.2 Å². The van der Waals surface area contributed by atoms with E-state index >= 15 is 0 Å². The molecule has 0 fully saturated rings. The van der Waals surface area contributed by atoms with Crippen LogP contribution < -0.4 is 0 Å². The number of aliphatic hydroxyl groups is 1. The molecule has 24 heavy (non-hydrogen) atoms. The molecule has 0 amide bonds. The molecule has 0 radical (unpaired) electrons. The Morgan fingerprint density at radius 1 is 1.08 bits per heavy atom. The molecule has 0 bridgehead atoms. The van der Waals surface area contributed by atoms with Gasteiger partial charge in [0.05, 0.1) is 13.7 Å². The lowest BCUT2D eigenvalue weighted by Gasteiger charge is -2.50. The maximum Gasteiger partial charge on any atom is 0.333 e. The summed E-state index contributed by atoms with van der Waals surface area (Å²) in [6.07, 6.45) is 1.27. The van der Waals surface area contributed by atoms with Gasteiger partial charge in [0.15, 0.2) is 0 Å². The Morgan fingerprint density at radius 2 is 1.58 bits per heavy atom. The van der Waals surface area contributed by atoms with Crippen molar-refractivity contribution in [1.82, 2.24) is 0 Å². The third-order valence-electron chi connectivity index (χ3n) is 4.96. The zero-order chi connectivity index (χ0) is 19.2. The van der Waals surface area contributed by atoms with Gasteiger partial charge in [-0.2, -0.15) is 0 Å². The minimum absolute atomic E-state index is 0.0338. The molecule has 0 aliphatic rings. The SMILES string of the molecule is C=C(C)C(=O)OCC(O)COC[Si](CCC)([Si](C)(C)C)[Si](C)(C)C. The van der Waals surface area contributed by atoms with E-state index < -0.39 is 34.4 Å². The fourth-order valence-corrected chi connectivity index (χ4v) is 45.8. The van der Waals surface area contributed by atoms with Gasteiger partial charge in [-0.1, -0.05) is 65.2 Å². The summed E-state index contributed by atoms with van der Waals surface area (Å²) < 4.78 is 11.0. The lowest BCUT2D eigenvalue weighted by Crippen LogP contribution is -2.74. The Balaban J connectivity index is 4.80. The highest BCUT2D eigenvalue weighted by Gasteiger charge is 2.53. The Kier molecular flexibility index (Phi) is 9.38. The highest BCUT2D eigenvalue weighted by molar-refractivity contribution is 7.68. The van der Waals surface area contributed by atoms with Gasteiger partial charge in [0.2, 0.25) is 0 Å². The molecule has 0 saturated carbocycles. The predicted octanol–water partition coefficient (Wildman–Crippen LogP) is 3.71. The van der Waals surface area contributed by atoms with Crippen molar-refractivity contribution >= 4 is 28.3 Å². The summed E-state index contributed by atoms with van der Waals surface area (Å²) in [4.78, 5) is 11.4. The van der Waals surface area contributed by atoms with Gasteiger partial charge in [0.1, 0.15) is 12.7 Å². The van der Waals surface area contributed by atoms with E-state index in [9.17, 15) is 9.90 Å². The first-order valence-electron chi connectivity index (χ1n) is 8.87. The average Bonchev–Trinajstić information content (AvgIpc) is 2.40. The first-order chi connectivity index (χ1) is 10.8. The number of carbonyl (C=O) groups is 1. The van der Waals surface area contributed by atoms with Crippen molar-refractivity contribution in [3.8, 4) is 0 Å². The van der Waals surface area contributed by atoms with Gasteiger partial charge in [0.25, 0.3) is 0 Å². The second-order valence-corrected chi connectivity index (χ2v) is 37.1. The number of carbonyl (C=O) groups excluding carboxylic acids is 1. The van der Waals surface area contributed by atoms with Crippen LogP contribution in [0.5, 0.6) is 0 Å². The van der Waals surface area contributed by atoms with Crippen LogP contribution in [-0.2, 0) is 14.3 Å². The second-order valence-electron chi connectivity index (χ2n) is 8.88. The van der Waals surface area contributed by atoms with E-state index in [1.54, 1.807) is 6.92 Å². The van der Waals surface area contributed by atoms with Gasteiger partial charge in [0, 0.05) is 27.0 Å². The molecular formula is C17H38O4Si3. The standard InChI is InChI=1S/C17H38O4Si3/c1-10-11-24(22(4,5)6,23(7,8)9)14-20-12-16(18)13-21-17(19)15(2)3/h16,18H,2,10-14H2,1,3-9H3. The smallest absolute Gasteiger partial charge is 0.333 e. The molecule has 0 aliphatic heterocycles. The fourth-order valence-electron chi connectivity index (χ4n) is 3.52. The van der Waals surface area contributed by atoms with E-state index in [2.05, 4.69) is 52.8 Å². The minimum Gasteiger partial charge on any atom is -0.460 e. The predicted molar refractivity (Wildman–Crippen MR) is 110 cm³/mol. The third-order valence-corrected chi connectivity index (χ3v) is 45.8. The van der Waals surface area contributed by atoms with Gasteiger partial charge in [-0.25, -0.2) is 4.79 Å². The summed E-state index contributed by atoms with van der Waals surface area (Å²) in [7, 11) is -4.14. The highest BCUT2D eigenvalue weighted by Crippen LogP contribution is 2.34. The van der Waals surface area contributed by atoms with Crippen LogP contribution in [0.25, 0.3) is 0 Å². The van der Waals surface area contributed by atoms with Crippen molar-refractivity contribution in [2.45, 2.75) is 71.7 Å². The lowest BCUT2D eigenvalue weighted by molar-refractivity contribution is -0.142. The highest BCUT2D eigenvalue weighted by atomic mass is 29.6. The van der Waals surface area contributed by atoms with Crippen LogP contribution in [-0.4, -0.2) is 58.9 Å². The molecule has 0 rings (SSSR count). The number of esters is 1. The zero-order valence-corrected chi connectivity index (χ0v) is 20.0. The van der Waals surface area contributed by atoms with E-state index in [4.69, 9.17) is 9.47 Å². The minimum atomic E-state index is -1.51. The largest absolute Gasteiger partial charge is 0.460 e. The van der Waals surface area contributed by atoms with Crippen LogP contribution in [0.2, 0.25) is 45.3 Å². The van der Waals surface area contributed by atoms with Crippen LogP contribution in [0.15, 0.2) is 12.2 Å². The quantitative estimate of drug-likeness (QED) is 0.332. The number of aliphatic hydroxyl groups excluding tert-OH is 1. The van der Waals surface area contributed by atoms with Crippen molar-refractivity contribution in [3.63, 3.8) is 0 Å². The Hall–Kier alpha value is -0.219. The summed E-state index contributed by atoms with van der Waals surface area (Å²) in [6, 6.07) is 1.32. The van der Waals surface area contributed by atoms with Gasteiger partial charge in [-0.05, 0) is 6.92 Å². The topological polar surface area (TPSA) is 55.8 Å². The molecule has 0 heterocycles. The van der Waals surface area contributed by atoms with Gasteiger partial charge < -0.3 is 14.6 Å². The molecule has 0 aromatic carbocycles. The van der Waals surface area contributed by atoms with Crippen molar-refractivity contribution in [2.24, 2.45) is 0 Å². The third kappa shape index (κ3) is 6.59. The van der Waals surface area contributed by atoms with Crippen molar-refractivity contribution < 1.29 is 19.4 Å². The fraction of sp³-hybridized carbons (Fsp3) is 0.824. The van der Waals surface area contributed by atoms with Crippen LogP contribution in [0.3, 0.4) is 0 Å². The molecule has 1 N–H and O–H groups in total. The van der Waals surface area contributed by atoms with Crippen LogP contribution >= 0.6 is 0 Å². The number of hydrogen-bond donors (Lipinski definition) is 1. The van der Waals surface area contributed by atoms with E-state index in [-0.39, 0.29) is 13.2 Å². The maximum absolute atomic E-state index is 11.4. The second kappa shape index (κ2) is 9.47. The molecule has 142 valence electrons. The molecule has 1 unspecified atom stereocenters. The number of ether oxygens (including phenoxy) is 2. The molecule has 0 aliphatic carbocycles. The summed E-state index contributed by atoms with van der Waals surface area (Å²) >= 11 is 0. The molecule has 4 nitrogen and oxygen atoms in total. The average molecular weight is 391 g/mol. The summed E-state index contributed by atoms with van der Waals surface area (Å²) in [5, 5.41) is 10.0. The van der Waals surface area contributed by atoms with E-state index in [0.29, 0.717) is 5.57 Å². The van der Waals surface area contributed by atoms with E-state index in [0.717, 1.165) is 6.23 Å². The molecule has 7 heteroatoms. The van der Waals surface area contributed by atoms with Crippen molar-refractivity contribution in [2.75, 3.05) is 19.4 Å². The Bertz CT molecular complexity index is 411. The zero-order valence-electron chi connectivity index (χ0n) is 17.0. The number of rotatable bonds is 11.